The lowest BCUT2D eigenvalue weighted by Crippen LogP contribution is -2.59. The van der Waals surface area contributed by atoms with Gasteiger partial charge in [0.1, 0.15) is 0 Å². The van der Waals surface area contributed by atoms with Crippen LogP contribution in [0.15, 0.2) is 24.5 Å². The third-order valence-corrected chi connectivity index (χ3v) is 1.83. The summed E-state index contributed by atoms with van der Waals surface area (Å²) >= 11 is 0. The average Bonchev–Trinajstić information content (AvgIpc) is 2.16. The Balaban J connectivity index is 2.70. The fourth-order valence-electron chi connectivity index (χ4n) is 0.950. The van der Waals surface area contributed by atoms with Crippen LogP contribution in [0.3, 0.4) is 0 Å². The normalized spacial score (nSPS) is 12.9. The molecule has 0 saturated carbocycles. The van der Waals surface area contributed by atoms with E-state index in [-0.39, 0.29) is 5.69 Å². The second kappa shape index (κ2) is 4.84. The largest absolute Gasteiger partial charge is 0.392 e. The summed E-state index contributed by atoms with van der Waals surface area (Å²) < 4.78 is 52.5. The molecule has 4 nitrogen and oxygen atoms in total. The van der Waals surface area contributed by atoms with Gasteiger partial charge < -0.3 is 5.32 Å². The molecule has 0 amide bonds. The van der Waals surface area contributed by atoms with Crippen molar-refractivity contribution < 1.29 is 17.6 Å². The lowest BCUT2D eigenvalue weighted by atomic mass is 10.4. The number of nitrogens with zero attached hydrogens (tertiary/aromatic N) is 2. The smallest absolute Gasteiger partial charge is 0.311 e. The van der Waals surface area contributed by atoms with E-state index in [1.54, 1.807) is 5.32 Å². The van der Waals surface area contributed by atoms with Crippen molar-refractivity contribution in [1.82, 2.24) is 15.2 Å². The highest BCUT2D eigenvalue weighted by Gasteiger charge is 2.43. The maximum atomic E-state index is 13.2. The summed E-state index contributed by atoms with van der Waals surface area (Å²) in [4.78, 5) is 3.92. The number of nitrogens with one attached hydrogen (secondary N) is 2. The van der Waals surface area contributed by atoms with Gasteiger partial charge in [-0.15, -0.1) is 0 Å². The number of aromatic nitrogens is 1. The van der Waals surface area contributed by atoms with Crippen LogP contribution in [0.4, 0.5) is 23.2 Å². The SMILES string of the molecule is CN(C)C(F)(F)NC(F)(F)Nc1cccnc1. The van der Waals surface area contributed by atoms with Gasteiger partial charge in [-0.2, -0.15) is 22.9 Å². The number of alkyl halides is 4. The van der Waals surface area contributed by atoms with Crippen molar-refractivity contribution in [3.05, 3.63) is 24.5 Å². The first-order valence-corrected chi connectivity index (χ1v) is 4.63. The van der Waals surface area contributed by atoms with Gasteiger partial charge in [-0.25, -0.2) is 4.90 Å². The third-order valence-electron chi connectivity index (χ3n) is 1.83. The van der Waals surface area contributed by atoms with E-state index in [1.807, 2.05) is 0 Å². The van der Waals surface area contributed by atoms with Gasteiger partial charge in [0.15, 0.2) is 0 Å². The maximum absolute atomic E-state index is 13.2. The summed E-state index contributed by atoms with van der Waals surface area (Å²) in [7, 11) is 1.96. The van der Waals surface area contributed by atoms with Crippen molar-refractivity contribution in [2.75, 3.05) is 19.4 Å². The number of anilines is 1. The minimum absolute atomic E-state index is 0.0699. The lowest BCUT2D eigenvalue weighted by Gasteiger charge is -2.29. The van der Waals surface area contributed by atoms with Crippen LogP contribution in [0.1, 0.15) is 0 Å². The number of pyridine rings is 1. The Bertz CT molecular complexity index is 355. The molecule has 0 aliphatic rings. The Hall–Kier alpha value is -1.41. The molecule has 0 fully saturated rings. The van der Waals surface area contributed by atoms with E-state index in [4.69, 9.17) is 0 Å². The number of halogens is 4. The molecule has 0 radical (unpaired) electrons. The number of hydrogen-bond donors (Lipinski definition) is 2. The zero-order valence-electron chi connectivity index (χ0n) is 9.22. The van der Waals surface area contributed by atoms with Crippen LogP contribution in [0.5, 0.6) is 0 Å². The molecule has 0 bridgehead atoms. The highest BCUT2D eigenvalue weighted by atomic mass is 19.3. The van der Waals surface area contributed by atoms with E-state index in [9.17, 15) is 17.6 Å². The molecule has 0 saturated heterocycles. The summed E-state index contributed by atoms with van der Waals surface area (Å²) in [6, 6.07) is 2.69. The van der Waals surface area contributed by atoms with E-state index >= 15 is 0 Å². The molecule has 0 aromatic carbocycles. The van der Waals surface area contributed by atoms with Crippen LogP contribution in [-0.2, 0) is 0 Å². The minimum Gasteiger partial charge on any atom is -0.311 e. The Morgan fingerprint density at radius 1 is 1.24 bits per heavy atom. The molecular weight excluding hydrogens is 240 g/mol. The lowest BCUT2D eigenvalue weighted by molar-refractivity contribution is -0.205. The quantitative estimate of drug-likeness (QED) is 0.476. The second-order valence-corrected chi connectivity index (χ2v) is 3.50. The average molecular weight is 252 g/mol. The molecule has 1 rings (SSSR count). The third kappa shape index (κ3) is 4.16. The first-order chi connectivity index (χ1) is 7.73. The first kappa shape index (κ1) is 13.7. The van der Waals surface area contributed by atoms with E-state index < -0.39 is 12.3 Å². The Morgan fingerprint density at radius 2 is 1.88 bits per heavy atom. The van der Waals surface area contributed by atoms with E-state index in [0.717, 1.165) is 25.6 Å². The molecule has 1 aromatic rings. The fourth-order valence-corrected chi connectivity index (χ4v) is 0.950. The molecule has 17 heavy (non-hydrogen) atoms. The van der Waals surface area contributed by atoms with Gasteiger partial charge in [0, 0.05) is 6.20 Å². The zero-order chi connectivity index (χ0) is 13.1. The van der Waals surface area contributed by atoms with Crippen LogP contribution in [0, 0.1) is 0 Å². The van der Waals surface area contributed by atoms with Crippen LogP contribution in [0.2, 0.25) is 0 Å². The predicted octanol–water partition coefficient (Wildman–Crippen LogP) is 1.75. The van der Waals surface area contributed by atoms with Crippen molar-refractivity contribution in [1.29, 1.82) is 0 Å². The molecule has 0 atom stereocenters. The van der Waals surface area contributed by atoms with Gasteiger partial charge in [0.25, 0.3) is 0 Å². The molecule has 1 heterocycles. The standard InChI is InChI=1S/C9H12F4N4/c1-17(2)9(12,13)16-8(10,11)15-7-4-3-5-14-6-7/h3-6,15-16H,1-2H3. The van der Waals surface area contributed by atoms with Crippen molar-refractivity contribution in [3.63, 3.8) is 0 Å². The topological polar surface area (TPSA) is 40.2 Å². The maximum Gasteiger partial charge on any atom is 0.392 e. The molecule has 96 valence electrons. The molecule has 8 heteroatoms. The van der Waals surface area contributed by atoms with Gasteiger partial charge in [-0.05, 0) is 26.2 Å². The van der Waals surface area contributed by atoms with Crippen LogP contribution >= 0.6 is 0 Å². The van der Waals surface area contributed by atoms with Gasteiger partial charge in [-0.3, -0.25) is 4.98 Å². The first-order valence-electron chi connectivity index (χ1n) is 4.63. The van der Waals surface area contributed by atoms with Crippen LogP contribution < -0.4 is 10.6 Å². The molecule has 0 spiro atoms. The number of hydrogen-bond acceptors (Lipinski definition) is 4. The highest BCUT2D eigenvalue weighted by molar-refractivity contribution is 5.40. The Labute approximate surface area is 95.6 Å². The monoisotopic (exact) mass is 252 g/mol. The van der Waals surface area contributed by atoms with E-state index in [0.29, 0.717) is 4.90 Å². The van der Waals surface area contributed by atoms with Crippen molar-refractivity contribution in [2.24, 2.45) is 0 Å². The van der Waals surface area contributed by atoms with Gasteiger partial charge >= 0.3 is 12.3 Å². The second-order valence-electron chi connectivity index (χ2n) is 3.50. The fraction of sp³-hybridized carbons (Fsp3) is 0.444. The van der Waals surface area contributed by atoms with Crippen LogP contribution in [-0.4, -0.2) is 36.3 Å². The molecular formula is C9H12F4N4. The summed E-state index contributed by atoms with van der Waals surface area (Å²) in [6.07, 6.45) is -5.32. The Kier molecular flexibility index (Phi) is 3.89. The molecule has 0 aliphatic carbocycles. The summed E-state index contributed by atoms with van der Waals surface area (Å²) in [6.45, 7) is 0. The molecule has 2 N–H and O–H groups in total. The summed E-state index contributed by atoms with van der Waals surface area (Å²) in [5.41, 5.74) is -0.0699. The van der Waals surface area contributed by atoms with Gasteiger partial charge in [-0.1, -0.05) is 0 Å². The van der Waals surface area contributed by atoms with E-state index in [2.05, 4.69) is 4.98 Å². The minimum atomic E-state index is -3.96. The molecule has 0 aliphatic heterocycles. The number of rotatable bonds is 5. The van der Waals surface area contributed by atoms with Gasteiger partial charge in [0.2, 0.25) is 0 Å². The van der Waals surface area contributed by atoms with Gasteiger partial charge in [0.05, 0.1) is 11.9 Å². The van der Waals surface area contributed by atoms with E-state index in [1.165, 1.54) is 18.3 Å². The summed E-state index contributed by atoms with van der Waals surface area (Å²) in [5.74, 6) is 0. The highest BCUT2D eigenvalue weighted by Crippen LogP contribution is 2.21. The van der Waals surface area contributed by atoms with Crippen molar-refractivity contribution >= 4 is 5.69 Å². The van der Waals surface area contributed by atoms with Crippen molar-refractivity contribution in [2.45, 2.75) is 12.3 Å². The molecule has 0 unspecified atom stereocenters. The summed E-state index contributed by atoms with van der Waals surface area (Å²) in [5, 5.41) is 2.52. The predicted molar refractivity (Wildman–Crippen MR) is 54.6 cm³/mol. The Morgan fingerprint density at radius 3 is 2.35 bits per heavy atom. The van der Waals surface area contributed by atoms with Crippen molar-refractivity contribution in [3.8, 4) is 0 Å². The van der Waals surface area contributed by atoms with Crippen LogP contribution in [0.25, 0.3) is 0 Å². The zero-order valence-corrected chi connectivity index (χ0v) is 9.22. The molecule has 1 aromatic heterocycles.